The van der Waals surface area contributed by atoms with Crippen LogP contribution in [0.5, 0.6) is 0 Å². The van der Waals surface area contributed by atoms with Crippen molar-refractivity contribution >= 4 is 0 Å². The lowest BCUT2D eigenvalue weighted by molar-refractivity contribution is 0.00571. The topological polar surface area (TPSA) is 50.7 Å². The predicted molar refractivity (Wildman–Crippen MR) is 72.7 cm³/mol. The Balaban J connectivity index is 1.98. The Morgan fingerprint density at radius 1 is 1.33 bits per heavy atom. The van der Waals surface area contributed by atoms with Gasteiger partial charge >= 0.3 is 0 Å². The Morgan fingerprint density at radius 3 is 2.67 bits per heavy atom. The molecule has 0 radical (unpaired) electrons. The molecule has 0 aromatic carbocycles. The van der Waals surface area contributed by atoms with E-state index in [4.69, 9.17) is 9.47 Å². The largest absolute Gasteiger partial charge is 0.389 e. The molecule has 4 heteroatoms. The molecular formula is C14H29NO3. The molecular weight excluding hydrogens is 230 g/mol. The molecule has 4 nitrogen and oxygen atoms in total. The number of rotatable bonds is 9. The Bertz CT molecular complexity index is 221. The summed E-state index contributed by atoms with van der Waals surface area (Å²) in [5, 5.41) is 13.2. The number of aliphatic hydroxyl groups is 1. The van der Waals surface area contributed by atoms with Crippen LogP contribution in [0.3, 0.4) is 0 Å². The summed E-state index contributed by atoms with van der Waals surface area (Å²) in [5.41, 5.74) is 0.455. The van der Waals surface area contributed by atoms with Crippen molar-refractivity contribution in [2.45, 2.75) is 52.2 Å². The third kappa shape index (κ3) is 6.69. The van der Waals surface area contributed by atoms with Crippen molar-refractivity contribution in [1.82, 2.24) is 5.32 Å². The lowest BCUT2D eigenvalue weighted by Crippen LogP contribution is -2.36. The summed E-state index contributed by atoms with van der Waals surface area (Å²) in [4.78, 5) is 0. The average molecular weight is 259 g/mol. The normalized spacial score (nSPS) is 24.3. The highest BCUT2D eigenvalue weighted by atomic mass is 16.5. The molecule has 2 atom stereocenters. The Labute approximate surface area is 111 Å². The van der Waals surface area contributed by atoms with E-state index in [1.54, 1.807) is 0 Å². The summed E-state index contributed by atoms with van der Waals surface area (Å²) >= 11 is 0. The summed E-state index contributed by atoms with van der Waals surface area (Å²) in [7, 11) is 0. The lowest BCUT2D eigenvalue weighted by Gasteiger charge is -2.19. The fraction of sp³-hybridized carbons (Fsp3) is 1.00. The number of hydrogen-bond donors (Lipinski definition) is 2. The molecule has 0 spiro atoms. The van der Waals surface area contributed by atoms with Crippen LogP contribution in [0.15, 0.2) is 0 Å². The third-order valence-corrected chi connectivity index (χ3v) is 3.50. The second-order valence-corrected chi connectivity index (χ2v) is 5.94. The molecule has 1 aliphatic rings. The maximum atomic E-state index is 9.77. The van der Waals surface area contributed by atoms with Crippen LogP contribution >= 0.6 is 0 Å². The smallest absolute Gasteiger partial charge is 0.0897 e. The van der Waals surface area contributed by atoms with Gasteiger partial charge in [-0.3, -0.25) is 0 Å². The Hall–Kier alpha value is -0.160. The van der Waals surface area contributed by atoms with Crippen LogP contribution in [0.1, 0.15) is 40.0 Å². The van der Waals surface area contributed by atoms with Crippen molar-refractivity contribution in [3.05, 3.63) is 0 Å². The second kappa shape index (κ2) is 8.10. The van der Waals surface area contributed by atoms with E-state index in [2.05, 4.69) is 19.2 Å². The lowest BCUT2D eigenvalue weighted by atomic mass is 9.92. The first kappa shape index (κ1) is 15.9. The van der Waals surface area contributed by atoms with Crippen LogP contribution in [0, 0.1) is 5.41 Å². The standard InChI is InChI=1S/C14H29NO3/c1-4-17-7-8-18-11-13(16)10-15-12-5-6-14(2,3)9-12/h12-13,15-16H,4-11H2,1-3H3. The van der Waals surface area contributed by atoms with E-state index in [9.17, 15) is 5.11 Å². The number of ether oxygens (including phenoxy) is 2. The minimum atomic E-state index is -0.421. The van der Waals surface area contributed by atoms with Gasteiger partial charge in [0.05, 0.1) is 25.9 Å². The van der Waals surface area contributed by atoms with Crippen LogP contribution in [-0.2, 0) is 9.47 Å². The highest BCUT2D eigenvalue weighted by molar-refractivity contribution is 4.86. The molecule has 1 aliphatic carbocycles. The third-order valence-electron chi connectivity index (χ3n) is 3.50. The molecule has 18 heavy (non-hydrogen) atoms. The number of nitrogens with one attached hydrogen (secondary N) is 1. The van der Waals surface area contributed by atoms with Gasteiger partial charge in [-0.25, -0.2) is 0 Å². The molecule has 1 rings (SSSR count). The molecule has 108 valence electrons. The minimum absolute atomic E-state index is 0.385. The molecule has 2 N–H and O–H groups in total. The van der Waals surface area contributed by atoms with Crippen LogP contribution in [0.2, 0.25) is 0 Å². The van der Waals surface area contributed by atoms with Crippen molar-refractivity contribution < 1.29 is 14.6 Å². The van der Waals surface area contributed by atoms with Crippen molar-refractivity contribution in [2.75, 3.05) is 33.0 Å². The molecule has 0 bridgehead atoms. The zero-order valence-corrected chi connectivity index (χ0v) is 12.1. The molecule has 1 fully saturated rings. The van der Waals surface area contributed by atoms with E-state index < -0.39 is 6.10 Å². The maximum absolute atomic E-state index is 9.77. The molecule has 0 amide bonds. The molecule has 0 aromatic rings. The van der Waals surface area contributed by atoms with Gasteiger partial charge < -0.3 is 19.9 Å². The highest BCUT2D eigenvalue weighted by Gasteiger charge is 2.30. The van der Waals surface area contributed by atoms with Crippen molar-refractivity contribution in [2.24, 2.45) is 5.41 Å². The Morgan fingerprint density at radius 2 is 2.06 bits per heavy atom. The second-order valence-electron chi connectivity index (χ2n) is 5.94. The van der Waals surface area contributed by atoms with Gasteiger partial charge in [0.15, 0.2) is 0 Å². The van der Waals surface area contributed by atoms with Gasteiger partial charge in [0.25, 0.3) is 0 Å². The molecule has 0 saturated heterocycles. The van der Waals surface area contributed by atoms with Gasteiger partial charge in [-0.2, -0.15) is 0 Å². The van der Waals surface area contributed by atoms with Crippen molar-refractivity contribution in [3.63, 3.8) is 0 Å². The van der Waals surface area contributed by atoms with Gasteiger partial charge in [0.2, 0.25) is 0 Å². The molecule has 2 unspecified atom stereocenters. The summed E-state index contributed by atoms with van der Waals surface area (Å²) in [6.45, 7) is 9.46. The van der Waals surface area contributed by atoms with Crippen LogP contribution in [0.25, 0.3) is 0 Å². The van der Waals surface area contributed by atoms with Gasteiger partial charge in [0.1, 0.15) is 0 Å². The van der Waals surface area contributed by atoms with Crippen LogP contribution < -0.4 is 5.32 Å². The van der Waals surface area contributed by atoms with E-state index in [0.29, 0.717) is 44.4 Å². The highest BCUT2D eigenvalue weighted by Crippen LogP contribution is 2.36. The van der Waals surface area contributed by atoms with Crippen molar-refractivity contribution in [3.8, 4) is 0 Å². The first-order chi connectivity index (χ1) is 8.53. The van der Waals surface area contributed by atoms with Crippen LogP contribution in [0.4, 0.5) is 0 Å². The van der Waals surface area contributed by atoms with E-state index in [1.165, 1.54) is 19.3 Å². The first-order valence-electron chi connectivity index (χ1n) is 7.10. The fourth-order valence-corrected chi connectivity index (χ4v) is 2.45. The number of hydrogen-bond acceptors (Lipinski definition) is 4. The van der Waals surface area contributed by atoms with E-state index >= 15 is 0 Å². The molecule has 1 saturated carbocycles. The first-order valence-corrected chi connectivity index (χ1v) is 7.10. The van der Waals surface area contributed by atoms with Crippen molar-refractivity contribution in [1.29, 1.82) is 0 Å². The monoisotopic (exact) mass is 259 g/mol. The van der Waals surface area contributed by atoms with E-state index in [-0.39, 0.29) is 0 Å². The maximum Gasteiger partial charge on any atom is 0.0897 e. The van der Waals surface area contributed by atoms with E-state index in [0.717, 1.165) is 0 Å². The molecule has 0 heterocycles. The van der Waals surface area contributed by atoms with Gasteiger partial charge in [-0.15, -0.1) is 0 Å². The SMILES string of the molecule is CCOCCOCC(O)CNC1CCC(C)(C)C1. The van der Waals surface area contributed by atoms with Gasteiger partial charge in [0, 0.05) is 19.2 Å². The summed E-state index contributed by atoms with van der Waals surface area (Å²) in [6.07, 6.45) is 3.26. The summed E-state index contributed by atoms with van der Waals surface area (Å²) in [5.74, 6) is 0. The van der Waals surface area contributed by atoms with Crippen LogP contribution in [-0.4, -0.2) is 50.2 Å². The van der Waals surface area contributed by atoms with Gasteiger partial charge in [-0.05, 0) is 31.6 Å². The molecule has 0 aliphatic heterocycles. The minimum Gasteiger partial charge on any atom is -0.389 e. The molecule has 0 aromatic heterocycles. The zero-order valence-electron chi connectivity index (χ0n) is 12.1. The summed E-state index contributed by atoms with van der Waals surface area (Å²) in [6, 6.07) is 0.554. The summed E-state index contributed by atoms with van der Waals surface area (Å²) < 4.78 is 10.5. The number of aliphatic hydroxyl groups excluding tert-OH is 1. The average Bonchev–Trinajstić information content (AvgIpc) is 2.66. The quantitative estimate of drug-likeness (QED) is 0.617. The van der Waals surface area contributed by atoms with E-state index in [1.807, 2.05) is 6.92 Å². The Kier molecular flexibility index (Phi) is 7.15. The fourth-order valence-electron chi connectivity index (χ4n) is 2.45. The zero-order chi connectivity index (χ0) is 13.4. The predicted octanol–water partition coefficient (Wildman–Crippen LogP) is 1.57. The van der Waals surface area contributed by atoms with Gasteiger partial charge in [-0.1, -0.05) is 13.8 Å².